The number of sulfonamides is 2. The molecule has 12 heteroatoms. The third-order valence-electron chi connectivity index (χ3n) is 8.71. The second-order valence-corrected chi connectivity index (χ2v) is 15.7. The van der Waals surface area contributed by atoms with Crippen molar-refractivity contribution in [2.24, 2.45) is 0 Å². The first-order valence-electron chi connectivity index (χ1n) is 15.5. The number of amides is 4. The van der Waals surface area contributed by atoms with E-state index in [-0.39, 0.29) is 29.3 Å². The minimum absolute atomic E-state index is 0.0254. The lowest BCUT2D eigenvalue weighted by molar-refractivity contribution is 0.231. The third-order valence-corrected chi connectivity index (χ3v) is 12.2. The highest BCUT2D eigenvalue weighted by Gasteiger charge is 2.50. The normalized spacial score (nSPS) is 17.5. The van der Waals surface area contributed by atoms with Crippen molar-refractivity contribution in [1.29, 1.82) is 0 Å². The first-order valence-corrected chi connectivity index (χ1v) is 18.4. The molecule has 4 amide bonds. The molecule has 1 unspecified atom stereocenters. The van der Waals surface area contributed by atoms with Gasteiger partial charge in [0.15, 0.2) is 0 Å². The third kappa shape index (κ3) is 5.75. The van der Waals surface area contributed by atoms with Crippen LogP contribution in [0.2, 0.25) is 0 Å². The molecule has 1 fully saturated rings. The van der Waals surface area contributed by atoms with Crippen LogP contribution in [-0.2, 0) is 20.0 Å². The molecule has 2 aliphatic heterocycles. The summed E-state index contributed by atoms with van der Waals surface area (Å²) in [6.07, 6.45) is 1.87. The van der Waals surface area contributed by atoms with Crippen molar-refractivity contribution >= 4 is 43.5 Å². The zero-order valence-corrected chi connectivity index (χ0v) is 28.7. The summed E-state index contributed by atoms with van der Waals surface area (Å²) in [5.74, 6) is 0. The fraction of sp³-hybridized carbons (Fsp3) is 0.222. The number of carbonyl (C=O) groups is 2. The van der Waals surface area contributed by atoms with Crippen molar-refractivity contribution in [2.45, 2.75) is 49.9 Å². The van der Waals surface area contributed by atoms with Crippen molar-refractivity contribution < 1.29 is 26.4 Å². The number of urea groups is 2. The molecule has 4 aromatic carbocycles. The standard InChI is InChI=1S/C36H36N4O6S2/c1-25-15-19-29(20-16-25)47(43,44)37-23-9-14-33(39(35(37)41)31-12-7-5-10-27(31)3)34-24-38(48(45,46)30-21-17-26(2)18-22-30)36(42)40(34)32-13-8-6-11-28(32)4/h5-8,10-22,34H,9,23-24H2,1-4H3. The number of carbonyl (C=O) groups excluding carboxylic acids is 2. The number of benzene rings is 4. The zero-order valence-electron chi connectivity index (χ0n) is 27.1. The smallest absolute Gasteiger partial charge is 0.282 e. The van der Waals surface area contributed by atoms with E-state index >= 15 is 0 Å². The SMILES string of the molecule is Cc1ccc(S(=O)(=O)N2CCC=C(C3CN(S(=O)(=O)c4ccc(C)cc4)C(=O)N3c3ccccc3C)N(c3ccccc3C)C2=O)cc1. The van der Waals surface area contributed by atoms with E-state index in [1.54, 1.807) is 73.7 Å². The summed E-state index contributed by atoms with van der Waals surface area (Å²) >= 11 is 0. The average Bonchev–Trinajstić information content (AvgIpc) is 3.30. The van der Waals surface area contributed by atoms with Crippen molar-refractivity contribution in [2.75, 3.05) is 22.9 Å². The first-order chi connectivity index (χ1) is 22.8. The molecule has 48 heavy (non-hydrogen) atoms. The van der Waals surface area contributed by atoms with Gasteiger partial charge in [0, 0.05) is 17.9 Å². The summed E-state index contributed by atoms with van der Waals surface area (Å²) in [5.41, 5.74) is 4.32. The molecule has 0 aliphatic carbocycles. The van der Waals surface area contributed by atoms with Crippen molar-refractivity contribution in [3.8, 4) is 0 Å². The van der Waals surface area contributed by atoms with Crippen LogP contribution in [0, 0.1) is 27.7 Å². The van der Waals surface area contributed by atoms with Gasteiger partial charge in [-0.1, -0.05) is 77.9 Å². The second-order valence-electron chi connectivity index (χ2n) is 12.0. The van der Waals surface area contributed by atoms with Crippen LogP contribution >= 0.6 is 0 Å². The Labute approximate surface area is 281 Å². The van der Waals surface area contributed by atoms with Crippen LogP contribution in [0.1, 0.15) is 28.7 Å². The predicted molar refractivity (Wildman–Crippen MR) is 185 cm³/mol. The molecule has 0 spiro atoms. The van der Waals surface area contributed by atoms with Gasteiger partial charge in [-0.3, -0.25) is 9.80 Å². The predicted octanol–water partition coefficient (Wildman–Crippen LogP) is 6.52. The van der Waals surface area contributed by atoms with Crippen LogP contribution in [0.4, 0.5) is 21.0 Å². The number of aryl methyl sites for hydroxylation is 4. The fourth-order valence-electron chi connectivity index (χ4n) is 6.08. The number of hydrogen-bond donors (Lipinski definition) is 0. The summed E-state index contributed by atoms with van der Waals surface area (Å²) in [7, 11) is -8.60. The molecule has 1 atom stereocenters. The molecule has 6 rings (SSSR count). The largest absolute Gasteiger partial charge is 0.342 e. The molecule has 0 saturated carbocycles. The van der Waals surface area contributed by atoms with Gasteiger partial charge >= 0.3 is 12.1 Å². The van der Waals surface area contributed by atoms with Crippen molar-refractivity contribution in [3.05, 3.63) is 131 Å². The van der Waals surface area contributed by atoms with Crippen LogP contribution in [0.15, 0.2) is 119 Å². The highest BCUT2D eigenvalue weighted by molar-refractivity contribution is 7.90. The lowest BCUT2D eigenvalue weighted by Gasteiger charge is -2.35. The van der Waals surface area contributed by atoms with E-state index in [1.807, 2.05) is 32.9 Å². The van der Waals surface area contributed by atoms with Gasteiger partial charge in [0.25, 0.3) is 20.0 Å². The van der Waals surface area contributed by atoms with Crippen LogP contribution in [-0.4, -0.2) is 56.6 Å². The van der Waals surface area contributed by atoms with E-state index in [0.29, 0.717) is 22.6 Å². The first kappa shape index (κ1) is 33.0. The maximum Gasteiger partial charge on any atom is 0.342 e. The van der Waals surface area contributed by atoms with Gasteiger partial charge in [-0.05, 0) is 81.6 Å². The highest BCUT2D eigenvalue weighted by atomic mass is 32.2. The van der Waals surface area contributed by atoms with Crippen molar-refractivity contribution in [1.82, 2.24) is 8.61 Å². The van der Waals surface area contributed by atoms with Gasteiger partial charge < -0.3 is 0 Å². The van der Waals surface area contributed by atoms with E-state index in [9.17, 15) is 26.4 Å². The lowest BCUT2D eigenvalue weighted by Crippen LogP contribution is -2.49. The number of para-hydroxylation sites is 2. The second kappa shape index (κ2) is 12.6. The molecular weight excluding hydrogens is 649 g/mol. The summed E-state index contributed by atoms with van der Waals surface area (Å²) in [5, 5.41) is 0. The Balaban J connectivity index is 1.51. The molecular formula is C36H36N4O6S2. The Kier molecular flexibility index (Phi) is 8.65. The topological polar surface area (TPSA) is 115 Å². The molecule has 1 saturated heterocycles. The Morgan fingerprint density at radius 3 is 1.58 bits per heavy atom. The molecule has 0 bridgehead atoms. The molecule has 0 radical (unpaired) electrons. The highest BCUT2D eigenvalue weighted by Crippen LogP contribution is 2.39. The molecule has 2 aliphatic rings. The van der Waals surface area contributed by atoms with Crippen LogP contribution < -0.4 is 9.80 Å². The molecule has 2 heterocycles. The fourth-order valence-corrected chi connectivity index (χ4v) is 8.81. The average molecular weight is 685 g/mol. The summed E-state index contributed by atoms with van der Waals surface area (Å²) in [6, 6.07) is 24.1. The van der Waals surface area contributed by atoms with Crippen LogP contribution in [0.5, 0.6) is 0 Å². The zero-order chi connectivity index (χ0) is 34.4. The van der Waals surface area contributed by atoms with Gasteiger partial charge in [0.05, 0.1) is 28.1 Å². The molecule has 0 N–H and O–H groups in total. The van der Waals surface area contributed by atoms with E-state index in [2.05, 4.69) is 0 Å². The van der Waals surface area contributed by atoms with E-state index in [0.717, 1.165) is 25.3 Å². The van der Waals surface area contributed by atoms with Gasteiger partial charge in [-0.2, -0.15) is 0 Å². The van der Waals surface area contributed by atoms with Gasteiger partial charge in [-0.15, -0.1) is 0 Å². The van der Waals surface area contributed by atoms with E-state index in [4.69, 9.17) is 0 Å². The number of hydrogen-bond acceptors (Lipinski definition) is 6. The van der Waals surface area contributed by atoms with E-state index in [1.165, 1.54) is 34.1 Å². The number of rotatable bonds is 7. The summed E-state index contributed by atoms with van der Waals surface area (Å²) in [4.78, 5) is 31.7. The van der Waals surface area contributed by atoms with Gasteiger partial charge in [0.2, 0.25) is 0 Å². The van der Waals surface area contributed by atoms with Gasteiger partial charge in [-0.25, -0.2) is 35.0 Å². The Morgan fingerprint density at radius 2 is 1.06 bits per heavy atom. The monoisotopic (exact) mass is 684 g/mol. The maximum atomic E-state index is 14.7. The Hall–Kier alpha value is -4.94. The summed E-state index contributed by atoms with van der Waals surface area (Å²) < 4.78 is 57.8. The number of anilines is 2. The van der Waals surface area contributed by atoms with Crippen LogP contribution in [0.3, 0.4) is 0 Å². The molecule has 248 valence electrons. The minimum atomic E-state index is -4.31. The van der Waals surface area contributed by atoms with Crippen LogP contribution in [0.25, 0.3) is 0 Å². The Morgan fingerprint density at radius 1 is 0.583 bits per heavy atom. The Bertz CT molecular complexity index is 2150. The maximum absolute atomic E-state index is 14.7. The molecule has 10 nitrogen and oxygen atoms in total. The quantitative estimate of drug-likeness (QED) is 0.219. The van der Waals surface area contributed by atoms with Crippen molar-refractivity contribution in [3.63, 3.8) is 0 Å². The summed E-state index contributed by atoms with van der Waals surface area (Å²) in [6.45, 7) is 6.84. The molecule has 4 aromatic rings. The lowest BCUT2D eigenvalue weighted by atomic mass is 10.1. The number of nitrogens with zero attached hydrogens (tertiary/aromatic N) is 4. The minimum Gasteiger partial charge on any atom is -0.282 e. The molecule has 0 aromatic heterocycles. The van der Waals surface area contributed by atoms with E-state index < -0.39 is 38.2 Å². The van der Waals surface area contributed by atoms with Gasteiger partial charge in [0.1, 0.15) is 0 Å².